The van der Waals surface area contributed by atoms with Gasteiger partial charge in [0.15, 0.2) is 0 Å². The van der Waals surface area contributed by atoms with Crippen molar-refractivity contribution in [3.63, 3.8) is 0 Å². The molecule has 0 aliphatic heterocycles. The Morgan fingerprint density at radius 3 is 2.92 bits per heavy atom. The second-order valence-corrected chi connectivity index (χ2v) is 4.27. The fourth-order valence-electron chi connectivity index (χ4n) is 2.14. The smallest absolute Gasteiger partial charge is 0.0474 e. The van der Waals surface area contributed by atoms with Gasteiger partial charge in [-0.15, -0.1) is 0 Å². The van der Waals surface area contributed by atoms with Gasteiger partial charge < -0.3 is 10.1 Å². The van der Waals surface area contributed by atoms with Crippen LogP contribution in [-0.4, -0.2) is 26.3 Å². The van der Waals surface area contributed by atoms with E-state index < -0.39 is 0 Å². The Balaban J connectivity index is 2.00. The molecule has 1 saturated carbocycles. The topological polar surface area (TPSA) is 21.3 Å². The zero-order valence-corrected chi connectivity index (χ0v) is 9.01. The van der Waals surface area contributed by atoms with Gasteiger partial charge in [0.05, 0.1) is 0 Å². The molecule has 2 atom stereocenters. The van der Waals surface area contributed by atoms with Crippen LogP contribution in [0.15, 0.2) is 0 Å². The third-order valence-corrected chi connectivity index (χ3v) is 2.89. The van der Waals surface area contributed by atoms with Crippen molar-refractivity contribution in [3.05, 3.63) is 0 Å². The average molecular weight is 185 g/mol. The molecule has 1 N–H and O–H groups in total. The first kappa shape index (κ1) is 11.0. The van der Waals surface area contributed by atoms with Gasteiger partial charge in [-0.05, 0) is 31.7 Å². The lowest BCUT2D eigenvalue weighted by atomic mass is 9.87. The van der Waals surface area contributed by atoms with E-state index in [9.17, 15) is 0 Å². The third-order valence-electron chi connectivity index (χ3n) is 2.89. The largest absolute Gasteiger partial charge is 0.385 e. The van der Waals surface area contributed by atoms with Gasteiger partial charge >= 0.3 is 0 Å². The van der Waals surface area contributed by atoms with Gasteiger partial charge in [-0.3, -0.25) is 0 Å². The predicted octanol–water partition coefficient (Wildman–Crippen LogP) is 2.19. The van der Waals surface area contributed by atoms with Crippen LogP contribution in [0.5, 0.6) is 0 Å². The van der Waals surface area contributed by atoms with Crippen LogP contribution >= 0.6 is 0 Å². The second kappa shape index (κ2) is 6.39. The predicted molar refractivity (Wildman–Crippen MR) is 55.9 cm³/mol. The Morgan fingerprint density at radius 2 is 2.23 bits per heavy atom. The van der Waals surface area contributed by atoms with Crippen LogP contribution in [0.3, 0.4) is 0 Å². The van der Waals surface area contributed by atoms with Crippen LogP contribution in [0.25, 0.3) is 0 Å². The van der Waals surface area contributed by atoms with E-state index in [1.807, 2.05) is 0 Å². The number of ether oxygens (including phenoxy) is 1. The van der Waals surface area contributed by atoms with E-state index in [2.05, 4.69) is 12.2 Å². The van der Waals surface area contributed by atoms with Crippen molar-refractivity contribution in [1.82, 2.24) is 5.32 Å². The van der Waals surface area contributed by atoms with Crippen LogP contribution in [0.2, 0.25) is 0 Å². The van der Waals surface area contributed by atoms with E-state index >= 15 is 0 Å². The minimum Gasteiger partial charge on any atom is -0.385 e. The maximum Gasteiger partial charge on any atom is 0.0474 e. The highest BCUT2D eigenvalue weighted by Gasteiger charge is 2.17. The van der Waals surface area contributed by atoms with Gasteiger partial charge in [0.1, 0.15) is 0 Å². The van der Waals surface area contributed by atoms with Gasteiger partial charge in [0.25, 0.3) is 0 Å². The lowest BCUT2D eigenvalue weighted by Gasteiger charge is -2.27. The maximum absolute atomic E-state index is 5.01. The molecule has 2 nitrogen and oxygen atoms in total. The summed E-state index contributed by atoms with van der Waals surface area (Å²) in [5.41, 5.74) is 0. The Hall–Kier alpha value is -0.0800. The molecule has 0 aromatic rings. The molecule has 0 amide bonds. The second-order valence-electron chi connectivity index (χ2n) is 4.27. The van der Waals surface area contributed by atoms with Crippen molar-refractivity contribution >= 4 is 0 Å². The number of hydrogen-bond donors (Lipinski definition) is 1. The molecule has 1 aliphatic carbocycles. The molecule has 13 heavy (non-hydrogen) atoms. The molecule has 0 saturated heterocycles. The van der Waals surface area contributed by atoms with Crippen molar-refractivity contribution in [2.75, 3.05) is 20.3 Å². The van der Waals surface area contributed by atoms with E-state index in [0.717, 1.165) is 31.5 Å². The summed E-state index contributed by atoms with van der Waals surface area (Å²) in [6.07, 6.45) is 6.71. The average Bonchev–Trinajstić information content (AvgIpc) is 2.13. The van der Waals surface area contributed by atoms with E-state index in [0.29, 0.717) is 0 Å². The number of hydrogen-bond acceptors (Lipinski definition) is 2. The van der Waals surface area contributed by atoms with Crippen molar-refractivity contribution in [2.45, 2.75) is 45.1 Å². The van der Waals surface area contributed by atoms with Gasteiger partial charge in [-0.1, -0.05) is 19.8 Å². The highest BCUT2D eigenvalue weighted by atomic mass is 16.5. The molecule has 0 unspecified atom stereocenters. The number of methoxy groups -OCH3 is 1. The molecular weight excluding hydrogens is 162 g/mol. The Labute approximate surface area is 82.0 Å². The fourth-order valence-corrected chi connectivity index (χ4v) is 2.14. The molecule has 2 heteroatoms. The van der Waals surface area contributed by atoms with Gasteiger partial charge in [-0.2, -0.15) is 0 Å². The molecule has 0 spiro atoms. The number of nitrogens with one attached hydrogen (secondary N) is 1. The lowest BCUT2D eigenvalue weighted by molar-refractivity contribution is 0.190. The fraction of sp³-hybridized carbons (Fsp3) is 1.00. The highest BCUT2D eigenvalue weighted by molar-refractivity contribution is 4.75. The van der Waals surface area contributed by atoms with Crippen molar-refractivity contribution < 1.29 is 4.74 Å². The summed E-state index contributed by atoms with van der Waals surface area (Å²) in [6, 6.07) is 0.778. The van der Waals surface area contributed by atoms with E-state index in [1.54, 1.807) is 7.11 Å². The SMILES string of the molecule is COCCCN[C@H]1CCC[C@@H](C)C1. The zero-order valence-electron chi connectivity index (χ0n) is 9.01. The molecule has 0 aromatic heterocycles. The van der Waals surface area contributed by atoms with Crippen LogP contribution in [0.1, 0.15) is 39.0 Å². The van der Waals surface area contributed by atoms with Crippen molar-refractivity contribution in [1.29, 1.82) is 0 Å². The first-order chi connectivity index (χ1) is 6.33. The summed E-state index contributed by atoms with van der Waals surface area (Å²) in [5, 5.41) is 3.61. The molecule has 1 rings (SSSR count). The Bertz CT molecular complexity index is 127. The van der Waals surface area contributed by atoms with E-state index in [1.165, 1.54) is 25.7 Å². The molecule has 1 aliphatic rings. The quantitative estimate of drug-likeness (QED) is 0.663. The molecule has 0 bridgehead atoms. The Kier molecular flexibility index (Phi) is 5.40. The van der Waals surface area contributed by atoms with Crippen LogP contribution in [0, 0.1) is 5.92 Å². The normalized spacial score (nSPS) is 29.1. The van der Waals surface area contributed by atoms with Crippen molar-refractivity contribution in [2.24, 2.45) is 5.92 Å². The lowest BCUT2D eigenvalue weighted by Crippen LogP contribution is -2.34. The highest BCUT2D eigenvalue weighted by Crippen LogP contribution is 2.23. The maximum atomic E-state index is 5.01. The van der Waals surface area contributed by atoms with Gasteiger partial charge in [-0.25, -0.2) is 0 Å². The van der Waals surface area contributed by atoms with Gasteiger partial charge in [0.2, 0.25) is 0 Å². The van der Waals surface area contributed by atoms with Crippen LogP contribution in [-0.2, 0) is 4.74 Å². The van der Waals surface area contributed by atoms with Gasteiger partial charge in [0, 0.05) is 19.8 Å². The van der Waals surface area contributed by atoms with Crippen molar-refractivity contribution in [3.8, 4) is 0 Å². The Morgan fingerprint density at radius 1 is 1.38 bits per heavy atom. The summed E-state index contributed by atoms with van der Waals surface area (Å²) in [5.74, 6) is 0.925. The van der Waals surface area contributed by atoms with E-state index in [4.69, 9.17) is 4.74 Å². The molecule has 0 radical (unpaired) electrons. The molecule has 78 valence electrons. The standard InChI is InChI=1S/C11H23NO/c1-10-5-3-6-11(9-10)12-7-4-8-13-2/h10-12H,3-9H2,1-2H3/t10-,11+/m1/s1. The number of rotatable bonds is 5. The monoisotopic (exact) mass is 185 g/mol. The summed E-state index contributed by atoms with van der Waals surface area (Å²) < 4.78 is 5.01. The van der Waals surface area contributed by atoms with Crippen LogP contribution < -0.4 is 5.32 Å². The summed E-state index contributed by atoms with van der Waals surface area (Å²) in [7, 11) is 1.77. The van der Waals surface area contributed by atoms with E-state index in [-0.39, 0.29) is 0 Å². The van der Waals surface area contributed by atoms with Crippen LogP contribution in [0.4, 0.5) is 0 Å². The molecule has 1 fully saturated rings. The minimum atomic E-state index is 0.778. The first-order valence-electron chi connectivity index (χ1n) is 5.55. The first-order valence-corrected chi connectivity index (χ1v) is 5.55. The summed E-state index contributed by atoms with van der Waals surface area (Å²) in [6.45, 7) is 4.36. The molecule has 0 heterocycles. The summed E-state index contributed by atoms with van der Waals surface area (Å²) >= 11 is 0. The molecular formula is C11H23NO. The summed E-state index contributed by atoms with van der Waals surface area (Å²) in [4.78, 5) is 0. The third kappa shape index (κ3) is 4.63. The minimum absolute atomic E-state index is 0.778. The molecule has 0 aromatic carbocycles. The zero-order chi connectivity index (χ0) is 9.52.